The quantitative estimate of drug-likeness (QED) is 0.770. The normalized spacial score (nSPS) is 38.3. The van der Waals surface area contributed by atoms with Gasteiger partial charge < -0.3 is 14.6 Å². The standard InChI is InChI=1S/C17H22O6/c1-17(2,21)10-6-8-7-5-9(11(8)14(10)18)13(16(20)23-4)12(7)15(19)22-3/h6-9,11-13,21H,5H2,1-4H3/t7-,8+,9+,11+,12+,13-/m1/s1. The van der Waals surface area contributed by atoms with Gasteiger partial charge >= 0.3 is 11.9 Å². The average Bonchev–Trinajstić information content (AvgIpc) is 3.13. The summed E-state index contributed by atoms with van der Waals surface area (Å²) in [7, 11) is 2.59. The van der Waals surface area contributed by atoms with Gasteiger partial charge in [-0.25, -0.2) is 0 Å². The van der Waals surface area contributed by atoms with E-state index < -0.39 is 29.4 Å². The van der Waals surface area contributed by atoms with Gasteiger partial charge in [-0.2, -0.15) is 0 Å². The number of ketones is 1. The average molecular weight is 322 g/mol. The predicted octanol–water partition coefficient (Wildman–Crippen LogP) is 0.727. The highest BCUT2D eigenvalue weighted by molar-refractivity contribution is 6.03. The lowest BCUT2D eigenvalue weighted by Gasteiger charge is -2.34. The maximum absolute atomic E-state index is 12.7. The number of aliphatic hydroxyl groups is 1. The highest BCUT2D eigenvalue weighted by Crippen LogP contribution is 2.62. The Balaban J connectivity index is 2.00. The first-order valence-corrected chi connectivity index (χ1v) is 7.87. The predicted molar refractivity (Wildman–Crippen MR) is 79.0 cm³/mol. The maximum atomic E-state index is 12.7. The first-order valence-electron chi connectivity index (χ1n) is 7.87. The molecule has 23 heavy (non-hydrogen) atoms. The van der Waals surface area contributed by atoms with Crippen LogP contribution in [0.4, 0.5) is 0 Å². The van der Waals surface area contributed by atoms with E-state index in [9.17, 15) is 19.5 Å². The number of rotatable bonds is 3. The van der Waals surface area contributed by atoms with Gasteiger partial charge in [0.1, 0.15) is 0 Å². The van der Waals surface area contributed by atoms with Gasteiger partial charge in [0.05, 0.1) is 31.7 Å². The van der Waals surface area contributed by atoms with Gasteiger partial charge in [-0.3, -0.25) is 14.4 Å². The van der Waals surface area contributed by atoms with Crippen LogP contribution in [0.3, 0.4) is 0 Å². The third-order valence-corrected chi connectivity index (χ3v) is 5.76. The van der Waals surface area contributed by atoms with Crippen molar-refractivity contribution in [2.75, 3.05) is 14.2 Å². The van der Waals surface area contributed by atoms with Crippen LogP contribution >= 0.6 is 0 Å². The minimum Gasteiger partial charge on any atom is -0.469 e. The molecule has 2 bridgehead atoms. The first kappa shape index (κ1) is 16.2. The Morgan fingerprint density at radius 3 is 2.13 bits per heavy atom. The van der Waals surface area contributed by atoms with Crippen LogP contribution in [0.1, 0.15) is 20.3 Å². The molecule has 0 amide bonds. The second-order valence-electron chi connectivity index (χ2n) is 7.27. The summed E-state index contributed by atoms with van der Waals surface area (Å²) >= 11 is 0. The minimum atomic E-state index is -1.22. The molecule has 0 radical (unpaired) electrons. The molecule has 2 saturated carbocycles. The SMILES string of the molecule is COC(=O)[C@@H]1[C@H]2C[C@H]([C@@H]3C=C(C(C)(C)O)C(=O)[C@@H]32)[C@@H]1C(=O)OC. The number of hydrogen-bond acceptors (Lipinski definition) is 6. The highest BCUT2D eigenvalue weighted by Gasteiger charge is 2.66. The molecule has 2 fully saturated rings. The molecule has 126 valence electrons. The summed E-state index contributed by atoms with van der Waals surface area (Å²) in [5.41, 5.74) is -0.834. The molecular weight excluding hydrogens is 300 g/mol. The number of ether oxygens (including phenoxy) is 2. The van der Waals surface area contributed by atoms with Crippen molar-refractivity contribution >= 4 is 17.7 Å². The number of Topliss-reactive ketones (excluding diaryl/α,β-unsaturated/α-hetero) is 1. The largest absolute Gasteiger partial charge is 0.469 e. The summed E-state index contributed by atoms with van der Waals surface area (Å²) in [5.74, 6) is -3.02. The number of methoxy groups -OCH3 is 2. The summed E-state index contributed by atoms with van der Waals surface area (Å²) in [5, 5.41) is 10.2. The van der Waals surface area contributed by atoms with E-state index in [0.29, 0.717) is 12.0 Å². The second kappa shape index (κ2) is 5.16. The number of carbonyl (C=O) groups excluding carboxylic acids is 3. The Morgan fingerprint density at radius 2 is 1.65 bits per heavy atom. The Bertz CT molecular complexity index is 599. The van der Waals surface area contributed by atoms with E-state index in [1.807, 2.05) is 0 Å². The Kier molecular flexibility index (Phi) is 3.63. The smallest absolute Gasteiger partial charge is 0.309 e. The molecular formula is C17H22O6. The third kappa shape index (κ3) is 2.15. The van der Waals surface area contributed by atoms with Crippen LogP contribution in [0.15, 0.2) is 11.6 Å². The van der Waals surface area contributed by atoms with Gasteiger partial charge in [-0.05, 0) is 38.0 Å². The molecule has 0 aromatic rings. The van der Waals surface area contributed by atoms with Crippen molar-refractivity contribution in [2.24, 2.45) is 35.5 Å². The van der Waals surface area contributed by atoms with Gasteiger partial charge in [0.25, 0.3) is 0 Å². The van der Waals surface area contributed by atoms with Crippen LogP contribution in [0.2, 0.25) is 0 Å². The Hall–Kier alpha value is -1.69. The van der Waals surface area contributed by atoms with Gasteiger partial charge in [0.15, 0.2) is 5.78 Å². The molecule has 0 heterocycles. The third-order valence-electron chi connectivity index (χ3n) is 5.76. The van der Waals surface area contributed by atoms with E-state index in [1.54, 1.807) is 19.9 Å². The van der Waals surface area contributed by atoms with Crippen molar-refractivity contribution in [2.45, 2.75) is 25.9 Å². The van der Waals surface area contributed by atoms with Crippen molar-refractivity contribution in [1.82, 2.24) is 0 Å². The molecule has 0 unspecified atom stereocenters. The number of hydrogen-bond donors (Lipinski definition) is 1. The zero-order chi connectivity index (χ0) is 17.1. The number of allylic oxidation sites excluding steroid dienone is 1. The molecule has 6 heteroatoms. The van der Waals surface area contributed by atoms with Crippen LogP contribution in [0, 0.1) is 35.5 Å². The van der Waals surface area contributed by atoms with Crippen LogP contribution in [0.5, 0.6) is 0 Å². The topological polar surface area (TPSA) is 89.9 Å². The molecule has 3 rings (SSSR count). The van der Waals surface area contributed by atoms with Crippen LogP contribution < -0.4 is 0 Å². The molecule has 3 aliphatic rings. The zero-order valence-electron chi connectivity index (χ0n) is 13.7. The lowest BCUT2D eigenvalue weighted by Crippen LogP contribution is -2.43. The monoisotopic (exact) mass is 322 g/mol. The van der Waals surface area contributed by atoms with E-state index in [-0.39, 0.29) is 29.5 Å². The molecule has 3 aliphatic carbocycles. The van der Waals surface area contributed by atoms with Crippen LogP contribution in [-0.4, -0.2) is 42.6 Å². The number of esters is 2. The van der Waals surface area contributed by atoms with E-state index in [2.05, 4.69) is 0 Å². The molecule has 0 spiro atoms. The molecule has 1 N–H and O–H groups in total. The van der Waals surface area contributed by atoms with Gasteiger partial charge in [-0.15, -0.1) is 0 Å². The Labute approximate surface area is 134 Å². The lowest BCUT2D eigenvalue weighted by atomic mass is 9.69. The molecule has 6 atom stereocenters. The maximum Gasteiger partial charge on any atom is 0.309 e. The molecule has 0 saturated heterocycles. The molecule has 0 aliphatic heterocycles. The van der Waals surface area contributed by atoms with Gasteiger partial charge in [0.2, 0.25) is 0 Å². The lowest BCUT2D eigenvalue weighted by molar-refractivity contribution is -0.162. The van der Waals surface area contributed by atoms with Gasteiger partial charge in [0, 0.05) is 11.5 Å². The fourth-order valence-corrected chi connectivity index (χ4v) is 4.93. The minimum absolute atomic E-state index is 0.104. The zero-order valence-corrected chi connectivity index (χ0v) is 13.7. The first-order chi connectivity index (χ1) is 10.7. The summed E-state index contributed by atoms with van der Waals surface area (Å²) in [6.45, 7) is 3.16. The van der Waals surface area contributed by atoms with Crippen molar-refractivity contribution in [3.63, 3.8) is 0 Å². The van der Waals surface area contributed by atoms with Crippen molar-refractivity contribution < 1.29 is 29.0 Å². The van der Waals surface area contributed by atoms with Crippen molar-refractivity contribution in [3.05, 3.63) is 11.6 Å². The van der Waals surface area contributed by atoms with Crippen LogP contribution in [0.25, 0.3) is 0 Å². The molecule has 0 aromatic heterocycles. The highest BCUT2D eigenvalue weighted by atomic mass is 16.5. The summed E-state index contributed by atoms with van der Waals surface area (Å²) in [6, 6.07) is 0. The van der Waals surface area contributed by atoms with Crippen molar-refractivity contribution in [3.8, 4) is 0 Å². The van der Waals surface area contributed by atoms with Crippen LogP contribution in [-0.2, 0) is 23.9 Å². The fourth-order valence-electron chi connectivity index (χ4n) is 4.93. The number of fused-ring (bicyclic) bond motifs is 5. The fraction of sp³-hybridized carbons (Fsp3) is 0.706. The summed E-state index contributed by atoms with van der Waals surface area (Å²) in [4.78, 5) is 37.1. The van der Waals surface area contributed by atoms with Crippen molar-refractivity contribution in [1.29, 1.82) is 0 Å². The summed E-state index contributed by atoms with van der Waals surface area (Å²) < 4.78 is 9.74. The number of carbonyl (C=O) groups is 3. The molecule has 0 aromatic carbocycles. The van der Waals surface area contributed by atoms with E-state index in [1.165, 1.54) is 14.2 Å². The second-order valence-corrected chi connectivity index (χ2v) is 7.27. The summed E-state index contributed by atoms with van der Waals surface area (Å²) in [6.07, 6.45) is 2.44. The van der Waals surface area contributed by atoms with E-state index in [4.69, 9.17) is 9.47 Å². The van der Waals surface area contributed by atoms with E-state index >= 15 is 0 Å². The van der Waals surface area contributed by atoms with E-state index in [0.717, 1.165) is 0 Å². The molecule has 6 nitrogen and oxygen atoms in total. The van der Waals surface area contributed by atoms with Gasteiger partial charge in [-0.1, -0.05) is 6.08 Å². The Morgan fingerprint density at radius 1 is 1.13 bits per heavy atom.